The Morgan fingerprint density at radius 2 is 1.42 bits per heavy atom. The molecule has 1 atom stereocenters. The van der Waals surface area contributed by atoms with Crippen LogP contribution in [0.25, 0.3) is 0 Å². The maximum atomic E-state index is 3.55. The van der Waals surface area contributed by atoms with Crippen LogP contribution in [0.4, 0.5) is 0 Å². The molecule has 0 aliphatic carbocycles. The number of nitrogens with one attached hydrogen (secondary N) is 1. The molecule has 1 nitrogen and oxygen atoms in total. The minimum absolute atomic E-state index is 0.523. The summed E-state index contributed by atoms with van der Waals surface area (Å²) in [7, 11) is 0. The van der Waals surface area contributed by atoms with Crippen molar-refractivity contribution in [2.24, 2.45) is 5.92 Å². The third-order valence-corrected chi connectivity index (χ3v) is 4.12. The number of hydrogen-bond donors (Lipinski definition) is 1. The third kappa shape index (κ3) is 2.87. The van der Waals surface area contributed by atoms with Crippen molar-refractivity contribution in [3.8, 4) is 0 Å². The molecule has 1 fully saturated rings. The van der Waals surface area contributed by atoms with E-state index in [9.17, 15) is 0 Å². The average molecular weight is 251 g/mol. The smallest absolute Gasteiger partial charge is 0.0130 e. The lowest BCUT2D eigenvalue weighted by atomic mass is 9.77. The molecule has 1 aliphatic heterocycles. The van der Waals surface area contributed by atoms with Crippen LogP contribution in [0.1, 0.15) is 29.9 Å². The van der Waals surface area contributed by atoms with Crippen molar-refractivity contribution in [1.82, 2.24) is 5.32 Å². The Balaban J connectivity index is 1.96. The lowest BCUT2D eigenvalue weighted by Gasteiger charge is -2.31. The summed E-state index contributed by atoms with van der Waals surface area (Å²) in [5.41, 5.74) is 2.89. The molecule has 0 spiro atoms. The second-order valence-electron chi connectivity index (χ2n) is 5.41. The molecule has 1 saturated heterocycles. The van der Waals surface area contributed by atoms with Crippen molar-refractivity contribution in [3.63, 3.8) is 0 Å². The molecule has 1 unspecified atom stereocenters. The third-order valence-electron chi connectivity index (χ3n) is 4.12. The second kappa shape index (κ2) is 6.03. The normalized spacial score (nSPS) is 19.5. The largest absolute Gasteiger partial charge is 0.316 e. The monoisotopic (exact) mass is 251 g/mol. The zero-order valence-electron chi connectivity index (χ0n) is 11.3. The Morgan fingerprint density at radius 1 is 0.842 bits per heavy atom. The van der Waals surface area contributed by atoms with E-state index in [0.717, 1.165) is 6.54 Å². The van der Waals surface area contributed by atoms with Gasteiger partial charge in [-0.2, -0.15) is 0 Å². The average Bonchev–Trinajstić information content (AvgIpc) is 2.51. The van der Waals surface area contributed by atoms with Crippen LogP contribution >= 0.6 is 0 Å². The number of benzene rings is 2. The minimum atomic E-state index is 0.523. The van der Waals surface area contributed by atoms with E-state index >= 15 is 0 Å². The van der Waals surface area contributed by atoms with Gasteiger partial charge in [-0.05, 0) is 43.0 Å². The van der Waals surface area contributed by atoms with Crippen LogP contribution in [0, 0.1) is 5.92 Å². The summed E-state index contributed by atoms with van der Waals surface area (Å²) in [6.45, 7) is 2.31. The van der Waals surface area contributed by atoms with Gasteiger partial charge in [-0.1, -0.05) is 60.7 Å². The summed E-state index contributed by atoms with van der Waals surface area (Å²) >= 11 is 0. The fourth-order valence-electron chi connectivity index (χ4n) is 3.22. The van der Waals surface area contributed by atoms with Crippen LogP contribution in [0.3, 0.4) is 0 Å². The molecule has 98 valence electrons. The molecule has 0 bridgehead atoms. The molecule has 1 aliphatic rings. The van der Waals surface area contributed by atoms with Crippen molar-refractivity contribution in [3.05, 3.63) is 71.8 Å². The summed E-state index contributed by atoms with van der Waals surface area (Å²) in [6.07, 6.45) is 2.61. The van der Waals surface area contributed by atoms with E-state index in [4.69, 9.17) is 0 Å². The van der Waals surface area contributed by atoms with Crippen molar-refractivity contribution in [1.29, 1.82) is 0 Å². The summed E-state index contributed by atoms with van der Waals surface area (Å²) < 4.78 is 0. The van der Waals surface area contributed by atoms with E-state index < -0.39 is 0 Å². The van der Waals surface area contributed by atoms with E-state index in [1.807, 2.05) is 0 Å². The Hall–Kier alpha value is -1.60. The number of hydrogen-bond acceptors (Lipinski definition) is 1. The molecule has 0 saturated carbocycles. The first-order valence-corrected chi connectivity index (χ1v) is 7.26. The highest BCUT2D eigenvalue weighted by atomic mass is 14.9. The Labute approximate surface area is 115 Å². The molecule has 2 aromatic rings. The van der Waals surface area contributed by atoms with Crippen LogP contribution in [-0.4, -0.2) is 13.1 Å². The van der Waals surface area contributed by atoms with Crippen LogP contribution in [0.5, 0.6) is 0 Å². The lowest BCUT2D eigenvalue weighted by molar-refractivity contribution is 0.346. The van der Waals surface area contributed by atoms with Gasteiger partial charge in [0.1, 0.15) is 0 Å². The number of piperidine rings is 1. The zero-order chi connectivity index (χ0) is 12.9. The van der Waals surface area contributed by atoms with Gasteiger partial charge in [0.2, 0.25) is 0 Å². The fourth-order valence-corrected chi connectivity index (χ4v) is 3.22. The fraction of sp³-hybridized carbons (Fsp3) is 0.333. The van der Waals surface area contributed by atoms with Gasteiger partial charge < -0.3 is 5.32 Å². The van der Waals surface area contributed by atoms with Crippen LogP contribution in [0.2, 0.25) is 0 Å². The van der Waals surface area contributed by atoms with E-state index in [-0.39, 0.29) is 0 Å². The number of rotatable bonds is 3. The van der Waals surface area contributed by atoms with Crippen molar-refractivity contribution in [2.75, 3.05) is 13.1 Å². The highest BCUT2D eigenvalue weighted by molar-refractivity contribution is 5.33. The molecule has 1 heterocycles. The molecule has 1 N–H and O–H groups in total. The maximum Gasteiger partial charge on any atom is 0.0130 e. The Bertz CT molecular complexity index is 446. The Kier molecular flexibility index (Phi) is 3.95. The first-order chi connectivity index (χ1) is 9.45. The van der Waals surface area contributed by atoms with E-state index in [2.05, 4.69) is 66.0 Å². The summed E-state index contributed by atoms with van der Waals surface area (Å²) in [5, 5.41) is 3.55. The standard InChI is InChI=1S/C18H21N/c1-3-8-15(9-4-1)18(16-10-5-2-6-11-16)17-12-7-13-19-14-17/h1-6,8-11,17-19H,7,12-14H2. The van der Waals surface area contributed by atoms with E-state index in [1.54, 1.807) is 0 Å². The van der Waals surface area contributed by atoms with E-state index in [0.29, 0.717) is 11.8 Å². The topological polar surface area (TPSA) is 12.0 Å². The van der Waals surface area contributed by atoms with Crippen molar-refractivity contribution < 1.29 is 0 Å². The Morgan fingerprint density at radius 3 is 1.89 bits per heavy atom. The summed E-state index contributed by atoms with van der Waals surface area (Å²) in [5.74, 6) is 1.23. The summed E-state index contributed by atoms with van der Waals surface area (Å²) in [6, 6.07) is 21.9. The van der Waals surface area contributed by atoms with Gasteiger partial charge in [-0.25, -0.2) is 0 Å². The molecule has 19 heavy (non-hydrogen) atoms. The molecule has 0 radical (unpaired) electrons. The van der Waals surface area contributed by atoms with Crippen LogP contribution in [-0.2, 0) is 0 Å². The van der Waals surface area contributed by atoms with Crippen LogP contribution in [0.15, 0.2) is 60.7 Å². The quantitative estimate of drug-likeness (QED) is 0.874. The SMILES string of the molecule is c1ccc(C(c2ccccc2)C2CCCNC2)cc1. The molecule has 0 aromatic heterocycles. The predicted octanol–water partition coefficient (Wildman–Crippen LogP) is 3.82. The van der Waals surface area contributed by atoms with Gasteiger partial charge >= 0.3 is 0 Å². The minimum Gasteiger partial charge on any atom is -0.316 e. The first-order valence-electron chi connectivity index (χ1n) is 7.26. The van der Waals surface area contributed by atoms with Gasteiger partial charge in [-0.3, -0.25) is 0 Å². The molecular formula is C18H21N. The first kappa shape index (κ1) is 12.4. The van der Waals surface area contributed by atoms with E-state index in [1.165, 1.54) is 30.5 Å². The summed E-state index contributed by atoms with van der Waals surface area (Å²) in [4.78, 5) is 0. The molecule has 2 aromatic carbocycles. The van der Waals surface area contributed by atoms with Gasteiger partial charge in [0, 0.05) is 5.92 Å². The van der Waals surface area contributed by atoms with Crippen LogP contribution < -0.4 is 5.32 Å². The van der Waals surface area contributed by atoms with Crippen molar-refractivity contribution >= 4 is 0 Å². The van der Waals surface area contributed by atoms with Gasteiger partial charge in [0.05, 0.1) is 0 Å². The van der Waals surface area contributed by atoms with Crippen molar-refractivity contribution in [2.45, 2.75) is 18.8 Å². The van der Waals surface area contributed by atoms with Gasteiger partial charge in [0.15, 0.2) is 0 Å². The molecule has 3 rings (SSSR count). The molecular weight excluding hydrogens is 230 g/mol. The molecule has 1 heteroatoms. The van der Waals surface area contributed by atoms with Gasteiger partial charge in [0.25, 0.3) is 0 Å². The lowest BCUT2D eigenvalue weighted by Crippen LogP contribution is -2.33. The predicted molar refractivity (Wildman–Crippen MR) is 80.3 cm³/mol. The maximum absolute atomic E-state index is 3.55. The highest BCUT2D eigenvalue weighted by Gasteiger charge is 2.25. The van der Waals surface area contributed by atoms with Gasteiger partial charge in [-0.15, -0.1) is 0 Å². The highest BCUT2D eigenvalue weighted by Crippen LogP contribution is 2.35. The molecule has 0 amide bonds. The zero-order valence-corrected chi connectivity index (χ0v) is 11.3. The second-order valence-corrected chi connectivity index (χ2v) is 5.41.